The predicted molar refractivity (Wildman–Crippen MR) is 199 cm³/mol. The number of benzene rings is 2. The van der Waals surface area contributed by atoms with E-state index in [4.69, 9.17) is 14.2 Å². The Morgan fingerprint density at radius 2 is 1.42 bits per heavy atom. The van der Waals surface area contributed by atoms with Crippen molar-refractivity contribution >= 4 is 35.3 Å². The van der Waals surface area contributed by atoms with E-state index in [-0.39, 0.29) is 105 Å². The Kier molecular flexibility index (Phi) is 15.3. The molecule has 0 aliphatic carbocycles. The Morgan fingerprint density at radius 1 is 0.769 bits per heavy atom. The lowest BCUT2D eigenvalue weighted by Crippen LogP contribution is -2.35. The molecule has 1 aliphatic rings. The normalized spacial score (nSPS) is 11.9. The smallest absolute Gasteiger partial charge is 0.407 e. The fourth-order valence-corrected chi connectivity index (χ4v) is 5.45. The maximum atomic E-state index is 13.8. The Labute approximate surface area is 308 Å². The fourth-order valence-electron chi connectivity index (χ4n) is 5.45. The summed E-state index contributed by atoms with van der Waals surface area (Å²) in [7, 11) is 0. The minimum atomic E-state index is -0.524. The number of hydrogen-bond donors (Lipinski definition) is 3. The Hall–Kier alpha value is -5.15. The minimum Gasteiger partial charge on any atom is -0.447 e. The second kappa shape index (κ2) is 20.0. The molecule has 1 aliphatic heterocycles. The summed E-state index contributed by atoms with van der Waals surface area (Å²) in [5.74, 6) is -0.660. The Bertz CT molecular complexity index is 1710. The van der Waals surface area contributed by atoms with Gasteiger partial charge in [0.15, 0.2) is 0 Å². The lowest BCUT2D eigenvalue weighted by Gasteiger charge is -2.29. The van der Waals surface area contributed by atoms with Crippen molar-refractivity contribution in [2.45, 2.75) is 66.2 Å². The van der Waals surface area contributed by atoms with E-state index in [2.05, 4.69) is 26.3 Å². The van der Waals surface area contributed by atoms with Gasteiger partial charge in [0.05, 0.1) is 50.5 Å². The molecule has 0 bridgehead atoms. The van der Waals surface area contributed by atoms with Gasteiger partial charge in [-0.3, -0.25) is 19.2 Å². The average molecular weight is 726 g/mol. The van der Waals surface area contributed by atoms with E-state index >= 15 is 0 Å². The van der Waals surface area contributed by atoms with E-state index in [1.165, 1.54) is 4.68 Å². The summed E-state index contributed by atoms with van der Waals surface area (Å²) in [6.07, 6.45) is -0.261. The number of nitrogens with zero attached hydrogens (tertiary/aromatic N) is 4. The first-order valence-electron chi connectivity index (χ1n) is 17.6. The SMILES string of the molecule is CC(C)OC(=O)NCCOCCC(=O)NCCC(=O)N1Cc2ccccc2-c2nnn(CC(=O)NCCOCCC(=O)C(C)C)c2-c2ccccc21.[HH].[HH].[HH]. The first-order valence-corrected chi connectivity index (χ1v) is 17.6. The highest BCUT2D eigenvalue weighted by Gasteiger charge is 2.29. The van der Waals surface area contributed by atoms with Crippen LogP contribution in [0.3, 0.4) is 0 Å². The van der Waals surface area contributed by atoms with Gasteiger partial charge in [-0.2, -0.15) is 0 Å². The number of para-hydroxylation sites is 1. The van der Waals surface area contributed by atoms with Gasteiger partial charge < -0.3 is 35.1 Å². The molecular formula is C37H55N7O8. The number of alkyl carbamates (subject to hydrolysis) is 1. The molecule has 0 saturated carbocycles. The van der Waals surface area contributed by atoms with Gasteiger partial charge in [0.1, 0.15) is 18.0 Å². The van der Waals surface area contributed by atoms with Crippen LogP contribution >= 0.6 is 0 Å². The molecule has 15 nitrogen and oxygen atoms in total. The minimum absolute atomic E-state index is 0. The van der Waals surface area contributed by atoms with Crippen LogP contribution in [-0.4, -0.2) is 96.8 Å². The molecule has 3 N–H and O–H groups in total. The van der Waals surface area contributed by atoms with Crippen LogP contribution in [-0.2, 0) is 46.5 Å². The van der Waals surface area contributed by atoms with Crippen molar-refractivity contribution in [3.05, 3.63) is 54.1 Å². The second-order valence-electron chi connectivity index (χ2n) is 12.8. The molecule has 0 radical (unpaired) electrons. The highest BCUT2D eigenvalue weighted by molar-refractivity contribution is 6.00. The second-order valence-corrected chi connectivity index (χ2v) is 12.8. The van der Waals surface area contributed by atoms with E-state index in [0.29, 0.717) is 35.7 Å². The number of carbonyl (C=O) groups excluding carboxylic acids is 5. The van der Waals surface area contributed by atoms with E-state index in [0.717, 1.165) is 11.1 Å². The molecule has 15 heteroatoms. The van der Waals surface area contributed by atoms with Gasteiger partial charge >= 0.3 is 6.09 Å². The van der Waals surface area contributed by atoms with Crippen molar-refractivity contribution in [1.29, 1.82) is 0 Å². The van der Waals surface area contributed by atoms with Crippen LogP contribution in [0.15, 0.2) is 48.5 Å². The van der Waals surface area contributed by atoms with Crippen LogP contribution in [0.2, 0.25) is 0 Å². The topological polar surface area (TPSA) is 183 Å². The predicted octanol–water partition coefficient (Wildman–Crippen LogP) is 3.99. The van der Waals surface area contributed by atoms with Gasteiger partial charge in [0.2, 0.25) is 17.7 Å². The summed E-state index contributed by atoms with van der Waals surface area (Å²) in [6, 6.07) is 15.0. The molecule has 4 rings (SSSR count). The summed E-state index contributed by atoms with van der Waals surface area (Å²) >= 11 is 0. The number of anilines is 1. The maximum Gasteiger partial charge on any atom is 0.407 e. The monoisotopic (exact) mass is 725 g/mol. The van der Waals surface area contributed by atoms with Gasteiger partial charge in [0.25, 0.3) is 0 Å². The molecule has 0 saturated heterocycles. The number of ether oxygens (including phenoxy) is 3. The molecule has 3 aromatic rings. The molecule has 0 unspecified atom stereocenters. The summed E-state index contributed by atoms with van der Waals surface area (Å²) in [5.41, 5.74) is 4.15. The third kappa shape index (κ3) is 11.7. The summed E-state index contributed by atoms with van der Waals surface area (Å²) in [4.78, 5) is 64.3. The zero-order chi connectivity index (χ0) is 37.5. The number of hydrogen-bond acceptors (Lipinski definition) is 10. The number of rotatable bonds is 19. The number of ketones is 1. The van der Waals surface area contributed by atoms with Gasteiger partial charge in [-0.25, -0.2) is 9.48 Å². The molecular weight excluding hydrogens is 670 g/mol. The highest BCUT2D eigenvalue weighted by Crippen LogP contribution is 2.41. The molecule has 4 amide bonds. The first kappa shape index (κ1) is 39.6. The largest absolute Gasteiger partial charge is 0.447 e. The van der Waals surface area contributed by atoms with Crippen molar-refractivity contribution in [2.24, 2.45) is 5.92 Å². The summed E-state index contributed by atoms with van der Waals surface area (Å²) in [6.45, 7) is 8.97. The van der Waals surface area contributed by atoms with Crippen molar-refractivity contribution in [3.63, 3.8) is 0 Å². The standard InChI is InChI=1S/C37H49N7O8.3H2/c1-25(2)31(45)14-19-50-21-17-39-33(47)24-44-36-29-11-7-8-12-30(29)43(23-27-9-5-6-10-28(27)35(36)41-42-44)34(48)13-16-38-32(46)15-20-51-22-18-40-37(49)52-26(3)4;;;/h5-12,25-26H,13-24H2,1-4H3,(H,38,46)(H,39,47)(H,40,49);3*1H. The molecule has 286 valence electrons. The van der Waals surface area contributed by atoms with Gasteiger partial charge in [-0.15, -0.1) is 5.10 Å². The van der Waals surface area contributed by atoms with Crippen LogP contribution < -0.4 is 20.9 Å². The van der Waals surface area contributed by atoms with Crippen LogP contribution in [0.25, 0.3) is 22.5 Å². The number of carbonyl (C=O) groups is 5. The molecule has 0 fully saturated rings. The average Bonchev–Trinajstić information content (AvgIpc) is 3.51. The van der Waals surface area contributed by atoms with E-state index in [1.54, 1.807) is 18.7 Å². The molecule has 1 aromatic heterocycles. The lowest BCUT2D eigenvalue weighted by molar-refractivity contribution is -0.124. The Balaban J connectivity index is 0.00000504. The van der Waals surface area contributed by atoms with Crippen LogP contribution in [0.4, 0.5) is 10.5 Å². The van der Waals surface area contributed by atoms with Crippen LogP contribution in [0.1, 0.15) is 56.8 Å². The molecule has 2 aromatic carbocycles. The molecule has 2 heterocycles. The van der Waals surface area contributed by atoms with Crippen molar-refractivity contribution < 1.29 is 42.5 Å². The molecule has 0 spiro atoms. The zero-order valence-electron chi connectivity index (χ0n) is 30.3. The molecule has 52 heavy (non-hydrogen) atoms. The summed E-state index contributed by atoms with van der Waals surface area (Å²) < 4.78 is 17.5. The molecule has 0 atom stereocenters. The number of amides is 4. The van der Waals surface area contributed by atoms with E-state index in [9.17, 15) is 24.0 Å². The highest BCUT2D eigenvalue weighted by atomic mass is 16.6. The van der Waals surface area contributed by atoms with Crippen molar-refractivity contribution in [2.75, 3.05) is 51.0 Å². The zero-order valence-corrected chi connectivity index (χ0v) is 30.3. The van der Waals surface area contributed by atoms with Crippen molar-refractivity contribution in [1.82, 2.24) is 30.9 Å². The third-order valence-corrected chi connectivity index (χ3v) is 8.08. The fraction of sp³-hybridized carbons (Fsp3) is 0.486. The maximum absolute atomic E-state index is 13.8. The van der Waals surface area contributed by atoms with Crippen LogP contribution in [0.5, 0.6) is 0 Å². The third-order valence-electron chi connectivity index (χ3n) is 8.08. The lowest BCUT2D eigenvalue weighted by atomic mass is 9.95. The number of aromatic nitrogens is 3. The van der Waals surface area contributed by atoms with Gasteiger partial charge in [0, 0.05) is 60.2 Å². The summed E-state index contributed by atoms with van der Waals surface area (Å²) in [5, 5.41) is 17.0. The first-order chi connectivity index (χ1) is 25.0. The van der Waals surface area contributed by atoms with Gasteiger partial charge in [-0.05, 0) is 25.5 Å². The Morgan fingerprint density at radius 3 is 2.15 bits per heavy atom. The van der Waals surface area contributed by atoms with Gasteiger partial charge in [-0.1, -0.05) is 61.5 Å². The van der Waals surface area contributed by atoms with Crippen molar-refractivity contribution in [3.8, 4) is 22.5 Å². The number of nitrogens with one attached hydrogen (secondary N) is 3. The van der Waals surface area contributed by atoms with E-state index in [1.807, 2.05) is 62.4 Å². The number of fused-ring (bicyclic) bond motifs is 5. The quantitative estimate of drug-likeness (QED) is 0.153. The van der Waals surface area contributed by atoms with E-state index < -0.39 is 6.09 Å². The van der Waals surface area contributed by atoms with Crippen LogP contribution in [0, 0.1) is 5.92 Å². The number of Topliss-reactive ketones (excluding diaryl/α,β-unsaturated/α-hetero) is 1.